The van der Waals surface area contributed by atoms with Crippen molar-refractivity contribution in [1.29, 1.82) is 0 Å². The zero-order valence-electron chi connectivity index (χ0n) is 20.1. The molecule has 2 aliphatic heterocycles. The van der Waals surface area contributed by atoms with E-state index in [1.54, 1.807) is 47.1 Å². The molecule has 1 saturated carbocycles. The van der Waals surface area contributed by atoms with Gasteiger partial charge >= 0.3 is 0 Å². The van der Waals surface area contributed by atoms with Crippen molar-refractivity contribution < 1.29 is 23.9 Å². The summed E-state index contributed by atoms with van der Waals surface area (Å²) in [7, 11) is 0. The maximum Gasteiger partial charge on any atom is 0.253 e. The molecule has 2 heterocycles. The van der Waals surface area contributed by atoms with Crippen molar-refractivity contribution in [1.82, 2.24) is 9.80 Å². The molecule has 0 bridgehead atoms. The van der Waals surface area contributed by atoms with Crippen LogP contribution in [0.1, 0.15) is 36.8 Å². The number of aliphatic hydroxyl groups is 1. The van der Waals surface area contributed by atoms with E-state index in [9.17, 15) is 23.9 Å². The average Bonchev–Trinajstić information content (AvgIpc) is 2.82. The van der Waals surface area contributed by atoms with E-state index in [4.69, 9.17) is 11.6 Å². The number of halogens is 2. The van der Waals surface area contributed by atoms with E-state index in [2.05, 4.69) is 0 Å². The third-order valence-electron chi connectivity index (χ3n) is 7.70. The zero-order chi connectivity index (χ0) is 25.6. The van der Waals surface area contributed by atoms with Crippen molar-refractivity contribution >= 4 is 35.0 Å². The molecule has 2 aromatic carbocycles. The van der Waals surface area contributed by atoms with Gasteiger partial charge in [0.2, 0.25) is 11.8 Å². The minimum absolute atomic E-state index is 0.0575. The first kappa shape index (κ1) is 24.7. The maximum atomic E-state index is 14.9. The van der Waals surface area contributed by atoms with Gasteiger partial charge in [-0.15, -0.1) is 0 Å². The lowest BCUT2D eigenvalue weighted by atomic mass is 9.64. The predicted molar refractivity (Wildman–Crippen MR) is 133 cm³/mol. The Balaban J connectivity index is 1.43. The molecule has 3 fully saturated rings. The average molecular weight is 514 g/mol. The van der Waals surface area contributed by atoms with Crippen LogP contribution in [-0.2, 0) is 20.9 Å². The van der Waals surface area contributed by atoms with E-state index < -0.39 is 23.4 Å². The first-order valence-electron chi connectivity index (χ1n) is 12.3. The molecule has 190 valence electrons. The van der Waals surface area contributed by atoms with Gasteiger partial charge in [0.05, 0.1) is 11.8 Å². The Labute approximate surface area is 214 Å². The number of piperidine rings is 1. The molecule has 0 atom stereocenters. The van der Waals surface area contributed by atoms with Crippen molar-refractivity contribution in [3.63, 3.8) is 0 Å². The summed E-state index contributed by atoms with van der Waals surface area (Å²) in [6, 6.07) is 11.6. The molecule has 2 aromatic rings. The molecular weight excluding hydrogens is 485 g/mol. The maximum absolute atomic E-state index is 14.9. The molecule has 3 aliphatic rings. The van der Waals surface area contributed by atoms with Crippen molar-refractivity contribution in [2.24, 2.45) is 5.92 Å². The lowest BCUT2D eigenvalue weighted by Crippen LogP contribution is -2.74. The fraction of sp³-hybridized carbons (Fsp3) is 0.444. The Hall–Kier alpha value is -2.97. The van der Waals surface area contributed by atoms with Gasteiger partial charge in [0.1, 0.15) is 17.9 Å². The number of likely N-dealkylation sites (tertiary alicyclic amines) is 1. The smallest absolute Gasteiger partial charge is 0.253 e. The number of rotatable bonds is 4. The summed E-state index contributed by atoms with van der Waals surface area (Å²) in [6.45, 7) is 2.64. The highest BCUT2D eigenvalue weighted by Gasteiger charge is 2.62. The van der Waals surface area contributed by atoms with Crippen LogP contribution in [-0.4, -0.2) is 63.9 Å². The molecule has 9 heteroatoms. The highest BCUT2D eigenvalue weighted by Crippen LogP contribution is 2.48. The summed E-state index contributed by atoms with van der Waals surface area (Å²) < 4.78 is 14.9. The van der Waals surface area contributed by atoms with Gasteiger partial charge in [-0.1, -0.05) is 29.8 Å². The first-order chi connectivity index (χ1) is 17.2. The molecular formula is C27H29ClFN3O4. The number of hydrogen-bond donors (Lipinski definition) is 1. The number of carbonyl (C=O) groups is 3. The molecule has 1 spiro atoms. The number of nitrogens with zero attached hydrogens (tertiary/aromatic N) is 3. The van der Waals surface area contributed by atoms with Crippen LogP contribution in [0, 0.1) is 18.7 Å². The minimum Gasteiger partial charge on any atom is -0.393 e. The van der Waals surface area contributed by atoms with Crippen LogP contribution < -0.4 is 4.90 Å². The van der Waals surface area contributed by atoms with Crippen LogP contribution in [0.2, 0.25) is 5.02 Å². The monoisotopic (exact) mass is 513 g/mol. The molecule has 0 aromatic heterocycles. The van der Waals surface area contributed by atoms with Gasteiger partial charge in [0, 0.05) is 30.6 Å². The van der Waals surface area contributed by atoms with Gasteiger partial charge in [-0.25, -0.2) is 4.39 Å². The molecule has 1 N–H and O–H groups in total. The summed E-state index contributed by atoms with van der Waals surface area (Å²) in [4.78, 5) is 45.1. The second kappa shape index (κ2) is 9.48. The summed E-state index contributed by atoms with van der Waals surface area (Å²) in [6.07, 6.45) is 1.04. The van der Waals surface area contributed by atoms with Crippen LogP contribution in [0.4, 0.5) is 10.1 Å². The van der Waals surface area contributed by atoms with Crippen molar-refractivity contribution in [2.75, 3.05) is 24.5 Å². The number of aliphatic hydroxyl groups excluding tert-OH is 1. The Morgan fingerprint density at radius 3 is 2.42 bits per heavy atom. The summed E-state index contributed by atoms with van der Waals surface area (Å²) >= 11 is 6.02. The molecule has 0 radical (unpaired) electrons. The third-order valence-corrected chi connectivity index (χ3v) is 7.95. The van der Waals surface area contributed by atoms with E-state index in [0.717, 1.165) is 5.56 Å². The molecule has 36 heavy (non-hydrogen) atoms. The first-order valence-corrected chi connectivity index (χ1v) is 12.7. The van der Waals surface area contributed by atoms with E-state index in [0.29, 0.717) is 36.5 Å². The standard InChI is InChI=1S/C27H29ClFN3O4/c1-17-2-7-23(22(29)12-17)31-16-24(34)32(15-18-3-5-20(28)6-4-18)27(26(31)36)13-19(14-27)25(35)30-10-8-21(33)9-11-30/h2-7,12,19,21,33H,8-11,13-16H2,1H3. The number of aryl methyl sites for hydroxylation is 1. The van der Waals surface area contributed by atoms with Gasteiger partial charge in [-0.3, -0.25) is 19.3 Å². The topological polar surface area (TPSA) is 81.2 Å². The summed E-state index contributed by atoms with van der Waals surface area (Å²) in [5.41, 5.74) is 0.382. The zero-order valence-corrected chi connectivity index (χ0v) is 20.9. The van der Waals surface area contributed by atoms with Gasteiger partial charge in [-0.2, -0.15) is 0 Å². The van der Waals surface area contributed by atoms with Gasteiger partial charge in [0.15, 0.2) is 0 Å². The van der Waals surface area contributed by atoms with E-state index in [1.807, 2.05) is 0 Å². The lowest BCUT2D eigenvalue weighted by Gasteiger charge is -2.57. The molecule has 0 unspecified atom stereocenters. The highest BCUT2D eigenvalue weighted by molar-refractivity contribution is 6.30. The lowest BCUT2D eigenvalue weighted by molar-refractivity contribution is -0.168. The Morgan fingerprint density at radius 1 is 1.11 bits per heavy atom. The second-order valence-electron chi connectivity index (χ2n) is 10.1. The van der Waals surface area contributed by atoms with Gasteiger partial charge < -0.3 is 14.9 Å². The Kier molecular flexibility index (Phi) is 6.51. The van der Waals surface area contributed by atoms with Crippen LogP contribution in [0.3, 0.4) is 0 Å². The SMILES string of the molecule is Cc1ccc(N2CC(=O)N(Cc3ccc(Cl)cc3)C3(CC(C(=O)N4CCC(O)CC4)C3)C2=O)c(F)c1. The molecule has 1 aliphatic carbocycles. The quantitative estimate of drug-likeness (QED) is 0.680. The summed E-state index contributed by atoms with van der Waals surface area (Å²) in [5.74, 6) is -1.69. The molecule has 5 rings (SSSR count). The number of amides is 3. The fourth-order valence-electron chi connectivity index (χ4n) is 5.60. The summed E-state index contributed by atoms with van der Waals surface area (Å²) in [5, 5.41) is 10.3. The van der Waals surface area contributed by atoms with Crippen LogP contribution in [0.15, 0.2) is 42.5 Å². The van der Waals surface area contributed by atoms with Crippen molar-refractivity contribution in [3.8, 4) is 0 Å². The van der Waals surface area contributed by atoms with Crippen LogP contribution in [0.25, 0.3) is 0 Å². The predicted octanol–water partition coefficient (Wildman–Crippen LogP) is 3.30. The number of benzene rings is 2. The number of piperazine rings is 1. The van der Waals surface area contributed by atoms with E-state index >= 15 is 0 Å². The van der Waals surface area contributed by atoms with E-state index in [-0.39, 0.29) is 49.3 Å². The number of carbonyl (C=O) groups excluding carboxylic acids is 3. The largest absolute Gasteiger partial charge is 0.393 e. The number of anilines is 1. The van der Waals surface area contributed by atoms with Crippen molar-refractivity contribution in [2.45, 2.75) is 50.8 Å². The fourth-order valence-corrected chi connectivity index (χ4v) is 5.73. The normalized spacial score (nSPS) is 24.9. The minimum atomic E-state index is -1.22. The van der Waals surface area contributed by atoms with Crippen LogP contribution in [0.5, 0.6) is 0 Å². The Bertz CT molecular complexity index is 1190. The highest BCUT2D eigenvalue weighted by atomic mass is 35.5. The van der Waals surface area contributed by atoms with Crippen molar-refractivity contribution in [3.05, 3.63) is 64.4 Å². The molecule has 7 nitrogen and oxygen atoms in total. The van der Waals surface area contributed by atoms with E-state index in [1.165, 1.54) is 17.0 Å². The van der Waals surface area contributed by atoms with Gasteiger partial charge in [0.25, 0.3) is 5.91 Å². The second-order valence-corrected chi connectivity index (χ2v) is 10.6. The van der Waals surface area contributed by atoms with Gasteiger partial charge in [-0.05, 0) is 68.0 Å². The molecule has 3 amide bonds. The number of hydrogen-bond acceptors (Lipinski definition) is 4. The molecule has 2 saturated heterocycles. The van der Waals surface area contributed by atoms with Crippen LogP contribution >= 0.6 is 11.6 Å². The Morgan fingerprint density at radius 2 is 1.78 bits per heavy atom. The third kappa shape index (κ3) is 4.37.